The van der Waals surface area contributed by atoms with Gasteiger partial charge in [0.25, 0.3) is 0 Å². The zero-order chi connectivity index (χ0) is 15.0. The number of nitrogens with zero attached hydrogens (tertiary/aromatic N) is 1. The van der Waals surface area contributed by atoms with Crippen LogP contribution in [-0.4, -0.2) is 43.8 Å². The third-order valence-electron chi connectivity index (χ3n) is 3.81. The summed E-state index contributed by atoms with van der Waals surface area (Å²) in [5.41, 5.74) is 1.35. The molecule has 0 bridgehead atoms. The molecule has 0 aliphatic heterocycles. The van der Waals surface area contributed by atoms with E-state index < -0.39 is 0 Å². The van der Waals surface area contributed by atoms with Gasteiger partial charge in [-0.1, -0.05) is 37.3 Å². The molecule has 0 aromatic heterocycles. The van der Waals surface area contributed by atoms with Gasteiger partial charge in [-0.05, 0) is 32.9 Å². The van der Waals surface area contributed by atoms with Gasteiger partial charge in [0, 0.05) is 31.8 Å². The number of ether oxygens (including phenoxy) is 1. The van der Waals surface area contributed by atoms with E-state index in [9.17, 15) is 0 Å². The van der Waals surface area contributed by atoms with Crippen LogP contribution in [0.3, 0.4) is 0 Å². The molecule has 1 N–H and O–H groups in total. The van der Waals surface area contributed by atoms with Gasteiger partial charge in [0.2, 0.25) is 0 Å². The molecular weight excluding hydrogens is 248 g/mol. The minimum absolute atomic E-state index is 0.348. The second kappa shape index (κ2) is 9.11. The van der Waals surface area contributed by atoms with Crippen LogP contribution >= 0.6 is 0 Å². The number of nitrogens with one attached hydrogen (secondary N) is 1. The molecule has 1 aromatic carbocycles. The van der Waals surface area contributed by atoms with Crippen LogP contribution in [0.2, 0.25) is 0 Å². The highest BCUT2D eigenvalue weighted by atomic mass is 16.5. The summed E-state index contributed by atoms with van der Waals surface area (Å²) in [5, 5.41) is 3.63. The van der Waals surface area contributed by atoms with Gasteiger partial charge in [0.05, 0.1) is 6.61 Å². The van der Waals surface area contributed by atoms with Crippen molar-refractivity contribution in [3.63, 3.8) is 0 Å². The standard InChI is InChI=1S/C17H30N2O/c1-6-18-17(16-10-8-7-9-11-16)15(4)19(14(2)3)12-13-20-5/h7-11,14-15,17-18H,6,12-13H2,1-5H3. The number of hydrogen-bond donors (Lipinski definition) is 1. The molecule has 0 aliphatic rings. The number of hydrogen-bond acceptors (Lipinski definition) is 3. The summed E-state index contributed by atoms with van der Waals surface area (Å²) in [6.45, 7) is 11.7. The molecule has 2 unspecified atom stereocenters. The molecule has 3 heteroatoms. The molecule has 0 radical (unpaired) electrons. The Morgan fingerprint density at radius 2 is 1.80 bits per heavy atom. The quantitative estimate of drug-likeness (QED) is 0.751. The van der Waals surface area contributed by atoms with E-state index in [1.165, 1.54) is 5.56 Å². The summed E-state index contributed by atoms with van der Waals surface area (Å²) in [5.74, 6) is 0. The summed E-state index contributed by atoms with van der Waals surface area (Å²) < 4.78 is 5.26. The molecule has 1 aromatic rings. The summed E-state index contributed by atoms with van der Waals surface area (Å²) in [7, 11) is 1.77. The van der Waals surface area contributed by atoms with Crippen LogP contribution in [0.4, 0.5) is 0 Å². The molecule has 114 valence electrons. The summed E-state index contributed by atoms with van der Waals surface area (Å²) in [4.78, 5) is 2.50. The molecule has 0 aliphatic carbocycles. The predicted octanol–water partition coefficient (Wildman–Crippen LogP) is 3.08. The fraction of sp³-hybridized carbons (Fsp3) is 0.647. The molecule has 0 saturated carbocycles. The largest absolute Gasteiger partial charge is 0.383 e. The van der Waals surface area contributed by atoms with Gasteiger partial charge in [-0.15, -0.1) is 0 Å². The maximum absolute atomic E-state index is 5.26. The van der Waals surface area contributed by atoms with E-state index in [-0.39, 0.29) is 0 Å². The van der Waals surface area contributed by atoms with Gasteiger partial charge >= 0.3 is 0 Å². The Morgan fingerprint density at radius 1 is 1.15 bits per heavy atom. The first kappa shape index (κ1) is 17.2. The highest BCUT2D eigenvalue weighted by molar-refractivity contribution is 5.20. The minimum atomic E-state index is 0.348. The van der Waals surface area contributed by atoms with Crippen molar-refractivity contribution in [2.24, 2.45) is 0 Å². The minimum Gasteiger partial charge on any atom is -0.383 e. The van der Waals surface area contributed by atoms with E-state index in [4.69, 9.17) is 4.74 Å². The van der Waals surface area contributed by atoms with Gasteiger partial charge in [0.1, 0.15) is 0 Å². The second-order valence-electron chi connectivity index (χ2n) is 5.51. The van der Waals surface area contributed by atoms with Gasteiger partial charge < -0.3 is 10.1 Å². The van der Waals surface area contributed by atoms with E-state index in [1.54, 1.807) is 7.11 Å². The second-order valence-corrected chi connectivity index (χ2v) is 5.51. The van der Waals surface area contributed by atoms with Gasteiger partial charge in [-0.3, -0.25) is 4.90 Å². The Bertz CT molecular complexity index is 353. The van der Waals surface area contributed by atoms with E-state index in [0.29, 0.717) is 18.1 Å². The first-order valence-electron chi connectivity index (χ1n) is 7.64. The average molecular weight is 278 g/mol. The molecular formula is C17H30N2O. The van der Waals surface area contributed by atoms with E-state index >= 15 is 0 Å². The lowest BCUT2D eigenvalue weighted by Gasteiger charge is -2.38. The van der Waals surface area contributed by atoms with Gasteiger partial charge in [0.15, 0.2) is 0 Å². The monoisotopic (exact) mass is 278 g/mol. The third kappa shape index (κ3) is 4.89. The van der Waals surface area contributed by atoms with Crippen molar-refractivity contribution in [1.82, 2.24) is 10.2 Å². The van der Waals surface area contributed by atoms with E-state index in [0.717, 1.165) is 19.7 Å². The van der Waals surface area contributed by atoms with Crippen LogP contribution in [0, 0.1) is 0 Å². The lowest BCUT2D eigenvalue weighted by molar-refractivity contribution is 0.0853. The number of rotatable bonds is 9. The lowest BCUT2D eigenvalue weighted by Crippen LogP contribution is -2.47. The fourth-order valence-electron chi connectivity index (χ4n) is 2.77. The first-order valence-corrected chi connectivity index (χ1v) is 7.64. The third-order valence-corrected chi connectivity index (χ3v) is 3.81. The number of likely N-dealkylation sites (N-methyl/N-ethyl adjacent to an activating group) is 1. The normalized spacial score (nSPS) is 14.8. The molecule has 0 spiro atoms. The molecule has 0 amide bonds. The zero-order valence-corrected chi connectivity index (χ0v) is 13.6. The molecule has 0 saturated heterocycles. The van der Waals surface area contributed by atoms with Crippen LogP contribution < -0.4 is 5.32 Å². The van der Waals surface area contributed by atoms with Crippen molar-refractivity contribution in [3.05, 3.63) is 35.9 Å². The van der Waals surface area contributed by atoms with Crippen molar-refractivity contribution in [1.29, 1.82) is 0 Å². The van der Waals surface area contributed by atoms with Crippen LogP contribution in [0.25, 0.3) is 0 Å². The van der Waals surface area contributed by atoms with E-state index in [2.05, 4.69) is 68.2 Å². The maximum atomic E-state index is 5.26. The lowest BCUT2D eigenvalue weighted by atomic mass is 9.98. The molecule has 1 rings (SSSR count). The highest BCUT2D eigenvalue weighted by Gasteiger charge is 2.25. The highest BCUT2D eigenvalue weighted by Crippen LogP contribution is 2.22. The average Bonchev–Trinajstić information content (AvgIpc) is 2.45. The Hall–Kier alpha value is -0.900. The van der Waals surface area contributed by atoms with Crippen molar-refractivity contribution in [2.75, 3.05) is 26.8 Å². The van der Waals surface area contributed by atoms with Crippen molar-refractivity contribution < 1.29 is 4.74 Å². The zero-order valence-electron chi connectivity index (χ0n) is 13.6. The molecule has 2 atom stereocenters. The van der Waals surface area contributed by atoms with Crippen LogP contribution in [0.15, 0.2) is 30.3 Å². The predicted molar refractivity (Wildman–Crippen MR) is 86.0 cm³/mol. The topological polar surface area (TPSA) is 24.5 Å². The number of methoxy groups -OCH3 is 1. The summed E-state index contributed by atoms with van der Waals surface area (Å²) in [6.07, 6.45) is 0. The Labute approximate surface area is 124 Å². The summed E-state index contributed by atoms with van der Waals surface area (Å²) >= 11 is 0. The Balaban J connectivity index is 2.88. The molecule has 20 heavy (non-hydrogen) atoms. The van der Waals surface area contributed by atoms with Crippen LogP contribution in [-0.2, 0) is 4.74 Å². The van der Waals surface area contributed by atoms with Crippen molar-refractivity contribution in [3.8, 4) is 0 Å². The van der Waals surface area contributed by atoms with E-state index in [1.807, 2.05) is 0 Å². The molecule has 0 heterocycles. The van der Waals surface area contributed by atoms with Crippen LogP contribution in [0.1, 0.15) is 39.3 Å². The number of benzene rings is 1. The SMILES string of the molecule is CCNC(c1ccccc1)C(C)N(CCOC)C(C)C. The Kier molecular flexibility index (Phi) is 7.82. The van der Waals surface area contributed by atoms with Gasteiger partial charge in [-0.25, -0.2) is 0 Å². The van der Waals surface area contributed by atoms with Crippen LogP contribution in [0.5, 0.6) is 0 Å². The first-order chi connectivity index (χ1) is 9.61. The maximum Gasteiger partial charge on any atom is 0.0589 e. The Morgan fingerprint density at radius 3 is 2.30 bits per heavy atom. The molecule has 3 nitrogen and oxygen atoms in total. The van der Waals surface area contributed by atoms with Gasteiger partial charge in [-0.2, -0.15) is 0 Å². The fourth-order valence-corrected chi connectivity index (χ4v) is 2.77. The summed E-state index contributed by atoms with van der Waals surface area (Å²) in [6, 6.07) is 12.0. The smallest absolute Gasteiger partial charge is 0.0589 e. The van der Waals surface area contributed by atoms with Crippen molar-refractivity contribution in [2.45, 2.75) is 45.8 Å². The van der Waals surface area contributed by atoms with Crippen molar-refractivity contribution >= 4 is 0 Å². The molecule has 0 fully saturated rings.